The summed E-state index contributed by atoms with van der Waals surface area (Å²) >= 11 is 0. The molecule has 1 atom stereocenters. The van der Waals surface area contributed by atoms with Crippen LogP contribution in [0.25, 0.3) is 0 Å². The Morgan fingerprint density at radius 3 is 2.52 bits per heavy atom. The molecule has 0 spiro atoms. The number of rotatable bonds is 4. The van der Waals surface area contributed by atoms with Crippen LogP contribution in [0.4, 0.5) is 4.39 Å². The minimum absolute atomic E-state index is 0.0648. The largest absolute Gasteiger partial charge is 0.460 e. The van der Waals surface area contributed by atoms with E-state index < -0.39 is 5.60 Å². The van der Waals surface area contributed by atoms with Gasteiger partial charge in [-0.3, -0.25) is 4.79 Å². The van der Waals surface area contributed by atoms with Crippen molar-refractivity contribution in [1.29, 1.82) is 0 Å². The zero-order chi connectivity index (χ0) is 16.4. The number of amides is 1. The first kappa shape index (κ1) is 15.4. The lowest BCUT2D eigenvalue weighted by Gasteiger charge is -2.30. The third-order valence-electron chi connectivity index (χ3n) is 4.16. The third kappa shape index (κ3) is 2.89. The van der Waals surface area contributed by atoms with E-state index in [9.17, 15) is 9.18 Å². The average Bonchev–Trinajstić information content (AvgIpc) is 2.86. The zero-order valence-electron chi connectivity index (χ0n) is 13.1. The molecule has 1 amide bonds. The molecule has 0 N–H and O–H groups in total. The molecule has 1 aliphatic rings. The monoisotopic (exact) mass is 311 g/mol. The van der Waals surface area contributed by atoms with Gasteiger partial charge in [0.15, 0.2) is 5.60 Å². The Kier molecular flexibility index (Phi) is 3.99. The fourth-order valence-corrected chi connectivity index (χ4v) is 2.75. The second-order valence-electron chi connectivity index (χ2n) is 6.04. The van der Waals surface area contributed by atoms with Crippen LogP contribution in [0.1, 0.15) is 25.0 Å². The van der Waals surface area contributed by atoms with Crippen molar-refractivity contribution in [2.45, 2.75) is 25.9 Å². The normalized spacial score (nSPS) is 20.5. The van der Waals surface area contributed by atoms with E-state index in [0.29, 0.717) is 12.0 Å². The Hall–Kier alpha value is -2.49. The summed E-state index contributed by atoms with van der Waals surface area (Å²) in [4.78, 5) is 16.7. The molecule has 3 rings (SSSR count). The van der Waals surface area contributed by atoms with E-state index in [1.165, 1.54) is 12.1 Å². The van der Waals surface area contributed by atoms with Gasteiger partial charge in [0.2, 0.25) is 5.90 Å². The average molecular weight is 311 g/mol. The SMILES string of the molecule is CC(C)[C@@]1(Cc2ccccc2)OC(c2cccc(F)c2)=NC1=O. The molecule has 3 nitrogen and oxygen atoms in total. The van der Waals surface area contributed by atoms with E-state index >= 15 is 0 Å². The molecule has 0 fully saturated rings. The van der Waals surface area contributed by atoms with Gasteiger partial charge in [0.1, 0.15) is 5.82 Å². The van der Waals surface area contributed by atoms with Crippen molar-refractivity contribution < 1.29 is 13.9 Å². The Balaban J connectivity index is 1.93. The molecule has 0 saturated heterocycles. The van der Waals surface area contributed by atoms with E-state index in [1.807, 2.05) is 44.2 Å². The third-order valence-corrected chi connectivity index (χ3v) is 4.16. The first-order chi connectivity index (χ1) is 11.0. The van der Waals surface area contributed by atoms with Gasteiger partial charge in [-0.05, 0) is 23.8 Å². The van der Waals surface area contributed by atoms with Crippen molar-refractivity contribution in [3.05, 3.63) is 71.5 Å². The number of aliphatic imine (C=N–C) groups is 1. The van der Waals surface area contributed by atoms with E-state index in [4.69, 9.17) is 4.74 Å². The summed E-state index contributed by atoms with van der Waals surface area (Å²) in [5.41, 5.74) is 0.447. The first-order valence-corrected chi connectivity index (χ1v) is 7.63. The van der Waals surface area contributed by atoms with Crippen LogP contribution in [0.3, 0.4) is 0 Å². The lowest BCUT2D eigenvalue weighted by atomic mass is 9.83. The van der Waals surface area contributed by atoms with E-state index in [0.717, 1.165) is 5.56 Å². The molecule has 0 bridgehead atoms. The van der Waals surface area contributed by atoms with Crippen molar-refractivity contribution in [3.8, 4) is 0 Å². The van der Waals surface area contributed by atoms with Crippen molar-refractivity contribution in [3.63, 3.8) is 0 Å². The van der Waals surface area contributed by atoms with Gasteiger partial charge in [0.05, 0.1) is 0 Å². The topological polar surface area (TPSA) is 38.7 Å². The van der Waals surface area contributed by atoms with Gasteiger partial charge in [0, 0.05) is 17.9 Å². The number of nitrogens with zero attached hydrogens (tertiary/aromatic N) is 1. The van der Waals surface area contributed by atoms with Crippen LogP contribution in [0.5, 0.6) is 0 Å². The van der Waals surface area contributed by atoms with Gasteiger partial charge in [-0.1, -0.05) is 50.2 Å². The first-order valence-electron chi connectivity index (χ1n) is 7.63. The summed E-state index contributed by atoms with van der Waals surface area (Å²) in [6.07, 6.45) is 0.437. The number of carbonyl (C=O) groups is 1. The molecule has 0 aromatic heterocycles. The van der Waals surface area contributed by atoms with E-state index in [-0.39, 0.29) is 23.5 Å². The van der Waals surface area contributed by atoms with E-state index in [1.54, 1.807) is 12.1 Å². The lowest BCUT2D eigenvalue weighted by molar-refractivity contribution is -0.134. The number of hydrogen-bond donors (Lipinski definition) is 0. The van der Waals surface area contributed by atoms with Gasteiger partial charge >= 0.3 is 0 Å². The molecular weight excluding hydrogens is 293 g/mol. The molecule has 118 valence electrons. The number of halogens is 1. The molecule has 2 aromatic rings. The Morgan fingerprint density at radius 2 is 1.87 bits per heavy atom. The van der Waals surface area contributed by atoms with Gasteiger partial charge in [0.25, 0.3) is 5.91 Å². The highest BCUT2D eigenvalue weighted by Gasteiger charge is 2.49. The minimum Gasteiger partial charge on any atom is -0.460 e. The summed E-state index contributed by atoms with van der Waals surface area (Å²) < 4.78 is 19.4. The van der Waals surface area contributed by atoms with Crippen molar-refractivity contribution in [1.82, 2.24) is 0 Å². The maximum Gasteiger partial charge on any atom is 0.293 e. The molecule has 23 heavy (non-hydrogen) atoms. The summed E-state index contributed by atoms with van der Waals surface area (Å²) in [5.74, 6) is -0.564. The fourth-order valence-electron chi connectivity index (χ4n) is 2.75. The highest BCUT2D eigenvalue weighted by atomic mass is 19.1. The van der Waals surface area contributed by atoms with Crippen LogP contribution in [0.2, 0.25) is 0 Å². The highest BCUT2D eigenvalue weighted by molar-refractivity contribution is 6.09. The molecule has 0 saturated carbocycles. The molecule has 1 heterocycles. The second kappa shape index (κ2) is 5.95. The van der Waals surface area contributed by atoms with Gasteiger partial charge in [-0.2, -0.15) is 4.99 Å². The predicted octanol–water partition coefficient (Wildman–Crippen LogP) is 3.77. The van der Waals surface area contributed by atoms with Crippen LogP contribution in [-0.2, 0) is 16.0 Å². The van der Waals surface area contributed by atoms with Crippen molar-refractivity contribution in [2.75, 3.05) is 0 Å². The molecule has 0 radical (unpaired) electrons. The van der Waals surface area contributed by atoms with Gasteiger partial charge in [-0.15, -0.1) is 0 Å². The summed E-state index contributed by atoms with van der Waals surface area (Å²) in [6, 6.07) is 15.6. The maximum absolute atomic E-state index is 13.4. The van der Waals surface area contributed by atoms with Crippen LogP contribution < -0.4 is 0 Å². The van der Waals surface area contributed by atoms with Gasteiger partial charge < -0.3 is 4.74 Å². The van der Waals surface area contributed by atoms with Crippen LogP contribution in [-0.4, -0.2) is 17.4 Å². The maximum atomic E-state index is 13.4. The zero-order valence-corrected chi connectivity index (χ0v) is 13.1. The second-order valence-corrected chi connectivity index (χ2v) is 6.04. The van der Waals surface area contributed by atoms with Crippen LogP contribution in [0.15, 0.2) is 59.6 Å². The fraction of sp³-hybridized carbons (Fsp3) is 0.263. The van der Waals surface area contributed by atoms with Crippen molar-refractivity contribution in [2.24, 2.45) is 10.9 Å². The quantitative estimate of drug-likeness (QED) is 0.862. The Bertz CT molecular complexity index is 755. The number of ether oxygens (including phenoxy) is 1. The predicted molar refractivity (Wildman–Crippen MR) is 86.7 cm³/mol. The molecule has 4 heteroatoms. The molecule has 1 aliphatic heterocycles. The number of carbonyl (C=O) groups excluding carboxylic acids is 1. The van der Waals surface area contributed by atoms with Crippen LogP contribution in [0, 0.1) is 11.7 Å². The number of hydrogen-bond acceptors (Lipinski definition) is 2. The van der Waals surface area contributed by atoms with Crippen molar-refractivity contribution >= 4 is 11.8 Å². The summed E-state index contributed by atoms with van der Waals surface area (Å²) in [5, 5.41) is 0. The minimum atomic E-state index is -1.04. The standard InChI is InChI=1S/C19H18FNO2/c1-13(2)19(12-14-7-4-3-5-8-14)18(22)21-17(23-19)15-9-6-10-16(20)11-15/h3-11,13H,12H2,1-2H3/t19-/m1/s1. The molecule has 2 aromatic carbocycles. The van der Waals surface area contributed by atoms with E-state index in [2.05, 4.69) is 4.99 Å². The highest BCUT2D eigenvalue weighted by Crippen LogP contribution is 2.34. The lowest BCUT2D eigenvalue weighted by Crippen LogP contribution is -2.45. The smallest absolute Gasteiger partial charge is 0.293 e. The summed E-state index contributed by atoms with van der Waals surface area (Å²) in [7, 11) is 0. The molecular formula is C19H18FNO2. The Labute approximate surface area is 134 Å². The van der Waals surface area contributed by atoms with Gasteiger partial charge in [-0.25, -0.2) is 4.39 Å². The Morgan fingerprint density at radius 1 is 1.13 bits per heavy atom. The molecule has 0 aliphatic carbocycles. The summed E-state index contributed by atoms with van der Waals surface area (Å²) in [6.45, 7) is 3.87. The number of benzene rings is 2. The van der Waals surface area contributed by atoms with Crippen LogP contribution >= 0.6 is 0 Å². The molecule has 0 unspecified atom stereocenters.